The highest BCUT2D eigenvalue weighted by molar-refractivity contribution is 5.91. The van der Waals surface area contributed by atoms with Crippen LogP contribution in [0.1, 0.15) is 49.9 Å². The summed E-state index contributed by atoms with van der Waals surface area (Å²) in [5, 5.41) is 10.0. The van der Waals surface area contributed by atoms with Gasteiger partial charge in [0.15, 0.2) is 0 Å². The van der Waals surface area contributed by atoms with Gasteiger partial charge in [0.1, 0.15) is 11.4 Å². The van der Waals surface area contributed by atoms with Gasteiger partial charge in [-0.25, -0.2) is 4.39 Å². The van der Waals surface area contributed by atoms with E-state index >= 15 is 0 Å². The summed E-state index contributed by atoms with van der Waals surface area (Å²) < 4.78 is 25.5. The Morgan fingerprint density at radius 2 is 2.28 bits per heavy atom. The second-order valence-electron chi connectivity index (χ2n) is 6.26. The first-order valence-electron chi connectivity index (χ1n) is 8.59. The van der Waals surface area contributed by atoms with E-state index in [1.807, 2.05) is 6.92 Å². The molecule has 1 aromatic heterocycles. The molecule has 0 radical (unpaired) electrons. The maximum Gasteiger partial charge on any atom is 0.309 e. The lowest BCUT2D eigenvalue weighted by Gasteiger charge is -2.36. The molecule has 0 bridgehead atoms. The molecule has 2 heterocycles. The molecule has 1 aliphatic rings. The van der Waals surface area contributed by atoms with Crippen LogP contribution in [0.15, 0.2) is 12.1 Å². The van der Waals surface area contributed by atoms with E-state index in [4.69, 9.17) is 9.47 Å². The van der Waals surface area contributed by atoms with E-state index in [1.54, 1.807) is 6.92 Å². The summed E-state index contributed by atoms with van der Waals surface area (Å²) in [5.41, 5.74) is 1.43. The Bertz CT molecular complexity index is 852. The number of halogens is 1. The van der Waals surface area contributed by atoms with Crippen LogP contribution in [0.3, 0.4) is 0 Å². The average molecular weight is 344 g/mol. The third kappa shape index (κ3) is 2.89. The highest BCUT2D eigenvalue weighted by Gasteiger charge is 2.42. The number of carbonyl (C=O) groups is 1. The van der Waals surface area contributed by atoms with E-state index in [0.717, 1.165) is 12.0 Å². The van der Waals surface area contributed by atoms with Crippen molar-refractivity contribution in [2.24, 2.45) is 0 Å². The zero-order valence-electron chi connectivity index (χ0n) is 14.4. The van der Waals surface area contributed by atoms with E-state index in [1.165, 1.54) is 12.1 Å². The average Bonchev–Trinajstić information content (AvgIpc) is 2.98. The number of benzene rings is 1. The predicted molar refractivity (Wildman–Crippen MR) is 90.5 cm³/mol. The van der Waals surface area contributed by atoms with Gasteiger partial charge in [-0.2, -0.15) is 5.26 Å². The van der Waals surface area contributed by atoms with Crippen LogP contribution in [0, 0.1) is 17.1 Å². The smallest absolute Gasteiger partial charge is 0.309 e. The number of aromatic amines is 1. The molecule has 0 saturated heterocycles. The van der Waals surface area contributed by atoms with Crippen molar-refractivity contribution < 1.29 is 18.7 Å². The Morgan fingerprint density at radius 3 is 2.96 bits per heavy atom. The molecule has 5 nitrogen and oxygen atoms in total. The van der Waals surface area contributed by atoms with Gasteiger partial charge >= 0.3 is 5.97 Å². The number of hydrogen-bond donors (Lipinski definition) is 1. The molecule has 1 unspecified atom stereocenters. The minimum Gasteiger partial charge on any atom is -0.466 e. The van der Waals surface area contributed by atoms with Gasteiger partial charge < -0.3 is 14.5 Å². The molecule has 2 aromatic rings. The van der Waals surface area contributed by atoms with Gasteiger partial charge in [0.05, 0.1) is 42.5 Å². The van der Waals surface area contributed by atoms with Crippen LogP contribution in [0.4, 0.5) is 4.39 Å². The van der Waals surface area contributed by atoms with Crippen molar-refractivity contribution in [3.8, 4) is 6.07 Å². The van der Waals surface area contributed by atoms with Crippen LogP contribution in [0.5, 0.6) is 0 Å². The summed E-state index contributed by atoms with van der Waals surface area (Å²) in [6.45, 7) is 4.48. The molecular formula is C19H21FN2O3. The molecule has 1 aliphatic heterocycles. The number of fused-ring (bicyclic) bond motifs is 3. The summed E-state index contributed by atoms with van der Waals surface area (Å²) in [6.07, 6.45) is 2.04. The number of carbonyl (C=O) groups excluding carboxylic acids is 1. The fraction of sp³-hybridized carbons (Fsp3) is 0.474. The summed E-state index contributed by atoms with van der Waals surface area (Å²) >= 11 is 0. The van der Waals surface area contributed by atoms with E-state index < -0.39 is 11.4 Å². The minimum absolute atomic E-state index is 0.0675. The third-order valence-electron chi connectivity index (χ3n) is 4.70. The number of nitriles is 1. The van der Waals surface area contributed by atoms with Crippen molar-refractivity contribution in [1.82, 2.24) is 4.98 Å². The van der Waals surface area contributed by atoms with Crippen molar-refractivity contribution in [3.05, 3.63) is 34.8 Å². The Balaban J connectivity index is 2.20. The monoisotopic (exact) mass is 344 g/mol. The molecule has 0 aliphatic carbocycles. The van der Waals surface area contributed by atoms with Crippen molar-refractivity contribution in [2.45, 2.75) is 45.1 Å². The zero-order valence-corrected chi connectivity index (χ0v) is 14.4. The van der Waals surface area contributed by atoms with Crippen LogP contribution >= 0.6 is 0 Å². The van der Waals surface area contributed by atoms with Crippen LogP contribution in [0.2, 0.25) is 0 Å². The number of rotatable bonds is 5. The number of nitrogens with zero attached hydrogens (tertiary/aromatic N) is 1. The molecule has 3 rings (SSSR count). The number of ether oxygens (including phenoxy) is 2. The molecule has 1 N–H and O–H groups in total. The number of H-pyrrole nitrogens is 1. The van der Waals surface area contributed by atoms with Crippen LogP contribution in [0.25, 0.3) is 10.9 Å². The fourth-order valence-corrected chi connectivity index (χ4v) is 3.77. The minimum atomic E-state index is -0.868. The molecule has 0 saturated carbocycles. The summed E-state index contributed by atoms with van der Waals surface area (Å²) in [7, 11) is 0. The maximum absolute atomic E-state index is 14.3. The molecule has 1 atom stereocenters. The fourth-order valence-electron chi connectivity index (χ4n) is 3.77. The summed E-state index contributed by atoms with van der Waals surface area (Å²) in [5.74, 6) is -0.756. The molecule has 0 spiro atoms. The van der Waals surface area contributed by atoms with Gasteiger partial charge in [0.25, 0.3) is 0 Å². The molecule has 1 aromatic carbocycles. The van der Waals surface area contributed by atoms with Gasteiger partial charge in [-0.3, -0.25) is 4.79 Å². The van der Waals surface area contributed by atoms with Crippen molar-refractivity contribution in [2.75, 3.05) is 13.2 Å². The third-order valence-corrected chi connectivity index (χ3v) is 4.70. The lowest BCUT2D eigenvalue weighted by atomic mass is 9.84. The zero-order chi connectivity index (χ0) is 18.0. The number of aromatic nitrogens is 1. The Hall–Kier alpha value is -2.39. The molecule has 0 amide bonds. The molecular weight excluding hydrogens is 323 g/mol. The van der Waals surface area contributed by atoms with E-state index in [-0.39, 0.29) is 12.4 Å². The number of esters is 1. The lowest BCUT2D eigenvalue weighted by molar-refractivity contribution is -0.155. The van der Waals surface area contributed by atoms with Crippen molar-refractivity contribution in [3.63, 3.8) is 0 Å². The standard InChI is InChI=1S/C19H21FN2O3/c1-3-8-19(10-15(23)24-4-2)18-13(7-9-25-19)16-12(11-21)5-6-14(20)17(16)22-18/h5-6,22H,3-4,7-10H2,1-2H3. The van der Waals surface area contributed by atoms with Crippen LogP contribution in [-0.4, -0.2) is 24.2 Å². The van der Waals surface area contributed by atoms with Crippen LogP contribution < -0.4 is 0 Å². The van der Waals surface area contributed by atoms with Gasteiger partial charge in [-0.1, -0.05) is 13.3 Å². The lowest BCUT2D eigenvalue weighted by Crippen LogP contribution is -2.38. The molecule has 25 heavy (non-hydrogen) atoms. The van der Waals surface area contributed by atoms with Gasteiger partial charge in [-0.05, 0) is 37.5 Å². The number of nitrogens with one attached hydrogen (secondary N) is 1. The van der Waals surface area contributed by atoms with E-state index in [0.29, 0.717) is 48.2 Å². The molecule has 132 valence electrons. The summed E-state index contributed by atoms with van der Waals surface area (Å²) in [4.78, 5) is 15.3. The molecule has 0 fully saturated rings. The topological polar surface area (TPSA) is 75.1 Å². The normalized spacial score (nSPS) is 19.4. The SMILES string of the molecule is CCCC1(CC(=O)OCC)OCCc2c1[nH]c1c(F)ccc(C#N)c21. The second-order valence-corrected chi connectivity index (χ2v) is 6.26. The van der Waals surface area contributed by atoms with Crippen molar-refractivity contribution >= 4 is 16.9 Å². The van der Waals surface area contributed by atoms with Crippen LogP contribution in [-0.2, 0) is 26.3 Å². The highest BCUT2D eigenvalue weighted by atomic mass is 19.1. The number of hydrogen-bond acceptors (Lipinski definition) is 4. The highest BCUT2D eigenvalue weighted by Crippen LogP contribution is 2.43. The molecule has 6 heteroatoms. The Labute approximate surface area is 145 Å². The quantitative estimate of drug-likeness (QED) is 0.839. The van der Waals surface area contributed by atoms with E-state index in [2.05, 4.69) is 11.1 Å². The Kier molecular flexibility index (Phi) is 4.78. The first-order valence-corrected chi connectivity index (χ1v) is 8.59. The summed E-state index contributed by atoms with van der Waals surface area (Å²) in [6, 6.07) is 4.92. The first-order chi connectivity index (χ1) is 12.1. The van der Waals surface area contributed by atoms with Gasteiger partial charge in [0, 0.05) is 5.39 Å². The maximum atomic E-state index is 14.3. The predicted octanol–water partition coefficient (Wildman–Crippen LogP) is 3.70. The van der Waals surface area contributed by atoms with Gasteiger partial charge in [-0.15, -0.1) is 0 Å². The van der Waals surface area contributed by atoms with Gasteiger partial charge in [0.2, 0.25) is 0 Å². The van der Waals surface area contributed by atoms with Crippen molar-refractivity contribution in [1.29, 1.82) is 5.26 Å². The first kappa shape index (κ1) is 17.4. The second kappa shape index (κ2) is 6.85. The largest absolute Gasteiger partial charge is 0.466 e. The van der Waals surface area contributed by atoms with E-state index in [9.17, 15) is 14.4 Å². The Morgan fingerprint density at radius 1 is 1.48 bits per heavy atom.